The number of aromatic carboxylic acids is 1. The zero-order valence-corrected chi connectivity index (χ0v) is 7.03. The molecule has 0 unspecified atom stereocenters. The molecule has 0 saturated carbocycles. The fourth-order valence-electron chi connectivity index (χ4n) is 0.908. The lowest BCUT2D eigenvalue weighted by Gasteiger charge is -2.01. The predicted octanol–water partition coefficient (Wildman–Crippen LogP) is 0.105. The van der Waals surface area contributed by atoms with Crippen LogP contribution in [0.2, 0.25) is 0 Å². The van der Waals surface area contributed by atoms with E-state index >= 15 is 0 Å². The number of nitrogens with two attached hydrogens (primary N) is 1. The molecule has 3 N–H and O–H groups in total. The molecule has 0 aliphatic carbocycles. The average Bonchev–Trinajstić information content (AvgIpc) is 2.09. The molecule has 0 atom stereocenters. The molecule has 0 saturated heterocycles. The van der Waals surface area contributed by atoms with Crippen LogP contribution in [0.3, 0.4) is 0 Å². The molecule has 0 radical (unpaired) electrons. The molecular formula is C8H9NO4. The lowest BCUT2D eigenvalue weighted by Crippen LogP contribution is -2.14. The van der Waals surface area contributed by atoms with E-state index in [1.54, 1.807) is 0 Å². The minimum absolute atomic E-state index is 0.00972. The molecule has 5 heteroatoms. The molecule has 0 fully saturated rings. The fraction of sp³-hybridized carbons (Fsp3) is 0.250. The Hall–Kier alpha value is -1.62. The van der Waals surface area contributed by atoms with Crippen LogP contribution in [0.1, 0.15) is 21.9 Å². The van der Waals surface area contributed by atoms with Crippen LogP contribution in [0.5, 0.6) is 0 Å². The van der Waals surface area contributed by atoms with Crippen LogP contribution >= 0.6 is 0 Å². The normalized spacial score (nSPS) is 10.0. The van der Waals surface area contributed by atoms with E-state index in [-0.39, 0.29) is 29.1 Å². The van der Waals surface area contributed by atoms with Gasteiger partial charge >= 0.3 is 5.97 Å². The van der Waals surface area contributed by atoms with E-state index in [1.807, 2.05) is 0 Å². The van der Waals surface area contributed by atoms with Gasteiger partial charge in [-0.2, -0.15) is 0 Å². The summed E-state index contributed by atoms with van der Waals surface area (Å²) < 4.78 is 4.88. The van der Waals surface area contributed by atoms with Crippen molar-refractivity contribution in [3.05, 3.63) is 33.4 Å². The molecule has 70 valence electrons. The molecule has 1 heterocycles. The Morgan fingerprint density at radius 3 is 2.77 bits per heavy atom. The molecule has 0 spiro atoms. The Morgan fingerprint density at radius 2 is 2.31 bits per heavy atom. The number of carbonyl (C=O) groups is 1. The Kier molecular flexibility index (Phi) is 2.48. The van der Waals surface area contributed by atoms with Crippen LogP contribution in [0, 0.1) is 6.92 Å². The highest BCUT2D eigenvalue weighted by atomic mass is 16.4. The van der Waals surface area contributed by atoms with Crippen molar-refractivity contribution in [3.8, 4) is 0 Å². The second-order valence-electron chi connectivity index (χ2n) is 2.54. The van der Waals surface area contributed by atoms with Gasteiger partial charge in [0.05, 0.1) is 6.54 Å². The first kappa shape index (κ1) is 9.47. The van der Waals surface area contributed by atoms with Crippen molar-refractivity contribution in [1.82, 2.24) is 0 Å². The topological polar surface area (TPSA) is 93.5 Å². The van der Waals surface area contributed by atoms with E-state index in [4.69, 9.17) is 15.3 Å². The van der Waals surface area contributed by atoms with Crippen molar-refractivity contribution in [2.24, 2.45) is 5.73 Å². The van der Waals surface area contributed by atoms with Gasteiger partial charge in [-0.15, -0.1) is 0 Å². The molecule has 1 aromatic heterocycles. The van der Waals surface area contributed by atoms with Gasteiger partial charge in [-0.05, 0) is 6.92 Å². The first-order chi connectivity index (χ1) is 6.06. The average molecular weight is 183 g/mol. The van der Waals surface area contributed by atoms with E-state index in [9.17, 15) is 9.59 Å². The van der Waals surface area contributed by atoms with Crippen LogP contribution in [-0.4, -0.2) is 11.1 Å². The lowest BCUT2D eigenvalue weighted by atomic mass is 10.2. The van der Waals surface area contributed by atoms with Gasteiger partial charge in [-0.1, -0.05) is 0 Å². The third-order valence-corrected chi connectivity index (χ3v) is 1.63. The zero-order valence-electron chi connectivity index (χ0n) is 7.03. The molecule has 0 bridgehead atoms. The molecular weight excluding hydrogens is 174 g/mol. The number of carboxylic acids is 1. The molecule has 5 nitrogen and oxygen atoms in total. The quantitative estimate of drug-likeness (QED) is 0.678. The molecule has 1 rings (SSSR count). The maximum absolute atomic E-state index is 11.1. The number of hydrogen-bond donors (Lipinski definition) is 2. The minimum atomic E-state index is -1.26. The van der Waals surface area contributed by atoms with Gasteiger partial charge in [0.15, 0.2) is 5.43 Å². The fourth-order valence-corrected chi connectivity index (χ4v) is 0.908. The standard InChI is InChI=1S/C8H9NO4/c1-4-6(10)2-5(3-9)13-7(4)8(11)12/h2H,3,9H2,1H3,(H,11,12). The highest BCUT2D eigenvalue weighted by molar-refractivity contribution is 5.85. The molecule has 0 aliphatic rings. The van der Waals surface area contributed by atoms with Gasteiger partial charge in [0, 0.05) is 11.6 Å². The van der Waals surface area contributed by atoms with Crippen LogP contribution in [0.15, 0.2) is 15.3 Å². The Morgan fingerprint density at radius 1 is 1.69 bits per heavy atom. The third kappa shape index (κ3) is 1.75. The molecule has 1 aromatic rings. The minimum Gasteiger partial charge on any atom is -0.475 e. The van der Waals surface area contributed by atoms with E-state index < -0.39 is 5.97 Å². The summed E-state index contributed by atoms with van der Waals surface area (Å²) in [6.45, 7) is 1.41. The summed E-state index contributed by atoms with van der Waals surface area (Å²) in [5.74, 6) is -1.43. The van der Waals surface area contributed by atoms with Crippen molar-refractivity contribution in [1.29, 1.82) is 0 Å². The van der Waals surface area contributed by atoms with Crippen LogP contribution < -0.4 is 11.2 Å². The number of rotatable bonds is 2. The summed E-state index contributed by atoms with van der Waals surface area (Å²) >= 11 is 0. The first-order valence-electron chi connectivity index (χ1n) is 3.63. The Balaban J connectivity index is 3.42. The highest BCUT2D eigenvalue weighted by Gasteiger charge is 2.13. The van der Waals surface area contributed by atoms with Crippen molar-refractivity contribution in [2.75, 3.05) is 0 Å². The van der Waals surface area contributed by atoms with E-state index in [0.29, 0.717) is 0 Å². The first-order valence-corrected chi connectivity index (χ1v) is 3.63. The maximum atomic E-state index is 11.1. The summed E-state index contributed by atoms with van der Waals surface area (Å²) in [7, 11) is 0. The van der Waals surface area contributed by atoms with E-state index in [0.717, 1.165) is 0 Å². The zero-order chi connectivity index (χ0) is 10.0. The lowest BCUT2D eigenvalue weighted by molar-refractivity contribution is 0.0655. The van der Waals surface area contributed by atoms with Crippen LogP contribution in [0.4, 0.5) is 0 Å². The van der Waals surface area contributed by atoms with Crippen molar-refractivity contribution >= 4 is 5.97 Å². The Bertz CT molecular complexity index is 394. The largest absolute Gasteiger partial charge is 0.475 e. The van der Waals surface area contributed by atoms with Crippen LogP contribution in [0.25, 0.3) is 0 Å². The van der Waals surface area contributed by atoms with Crippen LogP contribution in [-0.2, 0) is 6.54 Å². The van der Waals surface area contributed by atoms with Crippen molar-refractivity contribution in [3.63, 3.8) is 0 Å². The summed E-state index contributed by atoms with van der Waals surface area (Å²) in [6.07, 6.45) is 0. The summed E-state index contributed by atoms with van der Waals surface area (Å²) in [5.41, 5.74) is 4.93. The molecule has 0 aromatic carbocycles. The highest BCUT2D eigenvalue weighted by Crippen LogP contribution is 2.06. The van der Waals surface area contributed by atoms with Gasteiger partial charge in [-0.25, -0.2) is 4.79 Å². The van der Waals surface area contributed by atoms with Gasteiger partial charge in [0.1, 0.15) is 5.76 Å². The smallest absolute Gasteiger partial charge is 0.372 e. The summed E-state index contributed by atoms with van der Waals surface area (Å²) in [5, 5.41) is 8.64. The maximum Gasteiger partial charge on any atom is 0.372 e. The van der Waals surface area contributed by atoms with Crippen molar-refractivity contribution < 1.29 is 14.3 Å². The predicted molar refractivity (Wildman–Crippen MR) is 44.6 cm³/mol. The van der Waals surface area contributed by atoms with Gasteiger partial charge < -0.3 is 15.3 Å². The second-order valence-corrected chi connectivity index (χ2v) is 2.54. The summed E-state index contributed by atoms with van der Waals surface area (Å²) in [4.78, 5) is 21.7. The third-order valence-electron chi connectivity index (χ3n) is 1.63. The van der Waals surface area contributed by atoms with Crippen molar-refractivity contribution in [2.45, 2.75) is 13.5 Å². The number of carboxylic acid groups (broad SMARTS) is 1. The summed E-state index contributed by atoms with van der Waals surface area (Å²) in [6, 6.07) is 1.20. The van der Waals surface area contributed by atoms with E-state index in [1.165, 1.54) is 13.0 Å². The Labute approximate surface area is 73.8 Å². The van der Waals surface area contributed by atoms with Gasteiger partial charge in [0.25, 0.3) is 0 Å². The monoisotopic (exact) mass is 183 g/mol. The SMILES string of the molecule is Cc1c(C(=O)O)oc(CN)cc1=O. The molecule has 0 amide bonds. The molecule has 13 heavy (non-hydrogen) atoms. The number of hydrogen-bond acceptors (Lipinski definition) is 4. The van der Waals surface area contributed by atoms with Gasteiger partial charge in [-0.3, -0.25) is 4.79 Å². The van der Waals surface area contributed by atoms with Gasteiger partial charge in [0.2, 0.25) is 5.76 Å². The van der Waals surface area contributed by atoms with E-state index in [2.05, 4.69) is 0 Å². The second kappa shape index (κ2) is 3.40. The molecule has 0 aliphatic heterocycles.